The van der Waals surface area contributed by atoms with Crippen molar-refractivity contribution in [1.29, 1.82) is 0 Å². The summed E-state index contributed by atoms with van der Waals surface area (Å²) in [5.74, 6) is -0.572. The Hall–Kier alpha value is -2.51. The maximum Gasteiger partial charge on any atom is 0.303 e. The molecule has 1 saturated heterocycles. The molecular formula is C29H37NO5. The number of nitrogens with zero attached hydrogens (tertiary/aromatic N) is 1. The van der Waals surface area contributed by atoms with Crippen molar-refractivity contribution < 1.29 is 24.5 Å². The van der Waals surface area contributed by atoms with Crippen LogP contribution in [0.1, 0.15) is 37.7 Å². The number of hydrogen-bond acceptors (Lipinski definition) is 5. The van der Waals surface area contributed by atoms with Crippen LogP contribution < -0.4 is 0 Å². The van der Waals surface area contributed by atoms with Gasteiger partial charge in [0.1, 0.15) is 0 Å². The summed E-state index contributed by atoms with van der Waals surface area (Å²) in [6, 6.07) is 18.9. The number of aliphatic hydroxyl groups is 1. The van der Waals surface area contributed by atoms with Gasteiger partial charge in [-0.05, 0) is 36.0 Å². The molecule has 2 aromatic carbocycles. The third kappa shape index (κ3) is 7.24. The van der Waals surface area contributed by atoms with Gasteiger partial charge in [-0.1, -0.05) is 66.7 Å². The Morgan fingerprint density at radius 1 is 1.03 bits per heavy atom. The molecule has 0 bridgehead atoms. The van der Waals surface area contributed by atoms with Gasteiger partial charge < -0.3 is 19.7 Å². The molecule has 1 saturated carbocycles. The zero-order valence-electron chi connectivity index (χ0n) is 20.3. The summed E-state index contributed by atoms with van der Waals surface area (Å²) in [5.41, 5.74) is 3.50. The van der Waals surface area contributed by atoms with E-state index in [1.54, 1.807) is 0 Å². The fourth-order valence-corrected chi connectivity index (χ4v) is 5.30. The molecule has 2 aromatic rings. The number of aliphatic hydroxyl groups excluding tert-OH is 1. The van der Waals surface area contributed by atoms with Crippen LogP contribution in [0.15, 0.2) is 66.7 Å². The molecule has 35 heavy (non-hydrogen) atoms. The zero-order chi connectivity index (χ0) is 24.5. The minimum atomic E-state index is -0.755. The van der Waals surface area contributed by atoms with Crippen molar-refractivity contribution in [1.82, 2.24) is 4.90 Å². The normalized spacial score (nSPS) is 25.3. The highest BCUT2D eigenvalue weighted by molar-refractivity contribution is 5.66. The molecule has 2 aliphatic rings. The van der Waals surface area contributed by atoms with E-state index in [2.05, 4.69) is 53.5 Å². The lowest BCUT2D eigenvalue weighted by Crippen LogP contribution is -2.50. The van der Waals surface area contributed by atoms with Gasteiger partial charge in [0, 0.05) is 37.9 Å². The Balaban J connectivity index is 1.38. The molecule has 0 aromatic heterocycles. The standard InChI is InChI=1S/C29H37NO5/c31-26-20-27(35-21-22-12-14-24(15-13-22)23-8-4-3-5-9-23)25(10-6-1-2-7-11-28(32)33)29(26)30-16-18-34-19-17-30/h1,3-6,8-9,12-15,25-27,29,31H,2,7,10-11,16-21H2,(H,32,33)/t25-,26-,27-,29+/m0/s1. The van der Waals surface area contributed by atoms with E-state index in [1.807, 2.05) is 18.2 Å². The number of benzene rings is 2. The monoisotopic (exact) mass is 479 g/mol. The summed E-state index contributed by atoms with van der Waals surface area (Å²) in [6.45, 7) is 3.56. The molecule has 0 amide bonds. The van der Waals surface area contributed by atoms with Gasteiger partial charge in [-0.3, -0.25) is 9.69 Å². The average Bonchev–Trinajstić information content (AvgIpc) is 3.20. The number of aliphatic carboxylic acids is 1. The molecule has 2 fully saturated rings. The van der Waals surface area contributed by atoms with Crippen molar-refractivity contribution in [2.24, 2.45) is 5.92 Å². The number of rotatable bonds is 11. The molecule has 2 N–H and O–H groups in total. The van der Waals surface area contributed by atoms with Gasteiger partial charge in [0.15, 0.2) is 0 Å². The van der Waals surface area contributed by atoms with Crippen molar-refractivity contribution in [2.45, 2.75) is 57.0 Å². The highest BCUT2D eigenvalue weighted by Crippen LogP contribution is 2.36. The largest absolute Gasteiger partial charge is 0.481 e. The minimum absolute atomic E-state index is 0.0321. The van der Waals surface area contributed by atoms with E-state index in [0.29, 0.717) is 32.7 Å². The zero-order valence-corrected chi connectivity index (χ0v) is 20.3. The van der Waals surface area contributed by atoms with Gasteiger partial charge in [-0.15, -0.1) is 0 Å². The first-order valence-corrected chi connectivity index (χ1v) is 12.7. The molecule has 0 unspecified atom stereocenters. The quantitative estimate of drug-likeness (QED) is 0.364. The molecule has 1 aliphatic heterocycles. The third-order valence-corrected chi connectivity index (χ3v) is 7.11. The Morgan fingerprint density at radius 2 is 1.74 bits per heavy atom. The molecule has 6 nitrogen and oxygen atoms in total. The number of morpholine rings is 1. The predicted molar refractivity (Wildman–Crippen MR) is 136 cm³/mol. The molecule has 0 radical (unpaired) electrons. The van der Waals surface area contributed by atoms with Gasteiger partial charge in [0.2, 0.25) is 0 Å². The highest BCUT2D eigenvalue weighted by atomic mass is 16.5. The van der Waals surface area contributed by atoms with Crippen molar-refractivity contribution in [3.63, 3.8) is 0 Å². The van der Waals surface area contributed by atoms with Gasteiger partial charge >= 0.3 is 5.97 Å². The summed E-state index contributed by atoms with van der Waals surface area (Å²) in [7, 11) is 0. The van der Waals surface area contributed by atoms with Crippen LogP contribution in [0.5, 0.6) is 0 Å². The van der Waals surface area contributed by atoms with Crippen LogP contribution in [0.4, 0.5) is 0 Å². The first-order chi connectivity index (χ1) is 17.1. The Kier molecular flexibility index (Phi) is 9.49. The van der Waals surface area contributed by atoms with E-state index < -0.39 is 12.1 Å². The summed E-state index contributed by atoms with van der Waals surface area (Å²) >= 11 is 0. The maximum absolute atomic E-state index is 11.0. The number of hydrogen-bond donors (Lipinski definition) is 2. The number of carboxylic acids is 1. The third-order valence-electron chi connectivity index (χ3n) is 7.11. The second-order valence-corrected chi connectivity index (χ2v) is 9.51. The molecule has 4 rings (SSSR count). The van der Waals surface area contributed by atoms with Crippen LogP contribution in [0, 0.1) is 5.92 Å². The van der Waals surface area contributed by atoms with Crippen LogP contribution in [0.2, 0.25) is 0 Å². The summed E-state index contributed by atoms with van der Waals surface area (Å²) < 4.78 is 12.0. The molecule has 4 atom stereocenters. The van der Waals surface area contributed by atoms with E-state index in [-0.39, 0.29) is 24.5 Å². The molecule has 188 valence electrons. The molecule has 1 aliphatic carbocycles. The fraction of sp³-hybridized carbons (Fsp3) is 0.483. The lowest BCUT2D eigenvalue weighted by molar-refractivity contribution is -0.137. The van der Waals surface area contributed by atoms with Crippen molar-refractivity contribution in [3.8, 4) is 11.1 Å². The number of allylic oxidation sites excluding steroid dienone is 2. The second-order valence-electron chi connectivity index (χ2n) is 9.51. The first kappa shape index (κ1) is 25.6. The summed E-state index contributed by atoms with van der Waals surface area (Å²) in [5, 5.41) is 19.8. The Labute approximate surface area is 208 Å². The number of carbonyl (C=O) groups is 1. The van der Waals surface area contributed by atoms with E-state index in [0.717, 1.165) is 31.5 Å². The van der Waals surface area contributed by atoms with Crippen molar-refractivity contribution in [3.05, 3.63) is 72.3 Å². The lowest BCUT2D eigenvalue weighted by atomic mass is 9.94. The van der Waals surface area contributed by atoms with Gasteiger partial charge in [0.05, 0.1) is 32.0 Å². The van der Waals surface area contributed by atoms with Gasteiger partial charge in [-0.25, -0.2) is 0 Å². The fourth-order valence-electron chi connectivity index (χ4n) is 5.30. The van der Waals surface area contributed by atoms with Crippen LogP contribution in [-0.2, 0) is 20.9 Å². The highest BCUT2D eigenvalue weighted by Gasteiger charge is 2.45. The predicted octanol–water partition coefficient (Wildman–Crippen LogP) is 4.52. The molecule has 1 heterocycles. The summed E-state index contributed by atoms with van der Waals surface area (Å²) in [4.78, 5) is 13.1. The first-order valence-electron chi connectivity index (χ1n) is 12.7. The SMILES string of the molecule is O=C(O)CCCC=CC[C@@H]1[C@@H](N2CCOCC2)[C@@H](O)C[C@@H]1OCc1ccc(-c2ccccc2)cc1. The van der Waals surface area contributed by atoms with E-state index in [1.165, 1.54) is 11.1 Å². The van der Waals surface area contributed by atoms with Crippen LogP contribution in [-0.4, -0.2) is 65.6 Å². The van der Waals surface area contributed by atoms with E-state index in [4.69, 9.17) is 14.6 Å². The Bertz CT molecular complexity index is 939. The maximum atomic E-state index is 11.0. The van der Waals surface area contributed by atoms with Crippen molar-refractivity contribution in [2.75, 3.05) is 26.3 Å². The number of ether oxygens (including phenoxy) is 2. The second kappa shape index (κ2) is 13.0. The van der Waals surface area contributed by atoms with E-state index in [9.17, 15) is 9.90 Å². The smallest absolute Gasteiger partial charge is 0.303 e. The number of unbranched alkanes of at least 4 members (excludes halogenated alkanes) is 1. The van der Waals surface area contributed by atoms with Crippen molar-refractivity contribution >= 4 is 5.97 Å². The lowest BCUT2D eigenvalue weighted by Gasteiger charge is -2.37. The van der Waals surface area contributed by atoms with E-state index >= 15 is 0 Å². The minimum Gasteiger partial charge on any atom is -0.481 e. The van der Waals surface area contributed by atoms with Crippen LogP contribution in [0.3, 0.4) is 0 Å². The van der Waals surface area contributed by atoms with Crippen LogP contribution in [0.25, 0.3) is 11.1 Å². The Morgan fingerprint density at radius 3 is 2.46 bits per heavy atom. The van der Waals surface area contributed by atoms with Crippen LogP contribution >= 0.6 is 0 Å². The van der Waals surface area contributed by atoms with Gasteiger partial charge in [0.25, 0.3) is 0 Å². The molecule has 6 heteroatoms. The topological polar surface area (TPSA) is 79.2 Å². The molecular weight excluding hydrogens is 442 g/mol. The molecule has 0 spiro atoms. The van der Waals surface area contributed by atoms with Gasteiger partial charge in [-0.2, -0.15) is 0 Å². The summed E-state index contributed by atoms with van der Waals surface area (Å²) in [6.07, 6.45) is 6.78. The number of carboxylic acid groups (broad SMARTS) is 1. The average molecular weight is 480 g/mol.